The van der Waals surface area contributed by atoms with Crippen molar-refractivity contribution in [3.8, 4) is 0 Å². The van der Waals surface area contributed by atoms with Crippen molar-refractivity contribution in [1.82, 2.24) is 15.5 Å². The lowest BCUT2D eigenvalue weighted by molar-refractivity contribution is -0.130. The molecule has 0 aliphatic rings. The summed E-state index contributed by atoms with van der Waals surface area (Å²) in [6.07, 6.45) is 0.512. The van der Waals surface area contributed by atoms with Gasteiger partial charge in [-0.25, -0.2) is 0 Å². The summed E-state index contributed by atoms with van der Waals surface area (Å²) in [5.74, 6) is 0.0989. The Hall–Kier alpha value is -1.88. The van der Waals surface area contributed by atoms with Crippen LogP contribution in [0, 0.1) is 0 Å². The summed E-state index contributed by atoms with van der Waals surface area (Å²) in [7, 11) is 1.62. The Balaban J connectivity index is 2.33. The molecule has 21 heavy (non-hydrogen) atoms. The van der Waals surface area contributed by atoms with Crippen molar-refractivity contribution in [2.75, 3.05) is 26.7 Å². The Labute approximate surface area is 126 Å². The summed E-state index contributed by atoms with van der Waals surface area (Å²) in [5, 5.41) is 5.84. The fraction of sp³-hybridized carbons (Fsp3) is 0.500. The number of rotatable bonds is 8. The van der Waals surface area contributed by atoms with Crippen molar-refractivity contribution in [2.45, 2.75) is 26.8 Å². The smallest absolute Gasteiger partial charge is 0.251 e. The molecule has 2 amide bonds. The quantitative estimate of drug-likeness (QED) is 0.712. The van der Waals surface area contributed by atoms with Crippen LogP contribution in [-0.4, -0.2) is 43.4 Å². The van der Waals surface area contributed by atoms with Gasteiger partial charge in [0.05, 0.1) is 0 Å². The molecular formula is C16H25N3O2. The Morgan fingerprint density at radius 2 is 1.71 bits per heavy atom. The molecule has 0 aromatic heterocycles. The zero-order valence-electron chi connectivity index (χ0n) is 13.1. The van der Waals surface area contributed by atoms with E-state index in [9.17, 15) is 9.59 Å². The maximum Gasteiger partial charge on any atom is 0.251 e. The van der Waals surface area contributed by atoms with Crippen LogP contribution in [-0.2, 0) is 11.3 Å². The molecule has 2 N–H and O–H groups in total. The molecule has 1 rings (SSSR count). The second-order valence-corrected chi connectivity index (χ2v) is 4.77. The van der Waals surface area contributed by atoms with Crippen molar-refractivity contribution in [3.63, 3.8) is 0 Å². The highest BCUT2D eigenvalue weighted by Gasteiger charge is 2.08. The number of amides is 2. The maximum absolute atomic E-state index is 11.8. The highest BCUT2D eigenvalue weighted by atomic mass is 16.2. The predicted molar refractivity (Wildman–Crippen MR) is 84.1 cm³/mol. The van der Waals surface area contributed by atoms with Crippen LogP contribution >= 0.6 is 0 Å². The van der Waals surface area contributed by atoms with E-state index < -0.39 is 0 Å². The van der Waals surface area contributed by atoms with Gasteiger partial charge < -0.3 is 15.5 Å². The molecule has 1 aromatic rings. The number of carbonyl (C=O) groups excluding carboxylic acids is 2. The van der Waals surface area contributed by atoms with Crippen LogP contribution in [0.3, 0.4) is 0 Å². The molecule has 5 heteroatoms. The van der Waals surface area contributed by atoms with Gasteiger partial charge in [0.1, 0.15) is 0 Å². The maximum atomic E-state index is 11.8. The fourth-order valence-corrected chi connectivity index (χ4v) is 2.08. The highest BCUT2D eigenvalue weighted by molar-refractivity contribution is 5.93. The second kappa shape index (κ2) is 9.13. The summed E-state index contributed by atoms with van der Waals surface area (Å²) in [4.78, 5) is 25.1. The molecule has 0 aliphatic heterocycles. The van der Waals surface area contributed by atoms with Gasteiger partial charge >= 0.3 is 0 Å². The predicted octanol–water partition coefficient (Wildman–Crippen LogP) is 1.39. The average molecular weight is 291 g/mol. The van der Waals surface area contributed by atoms with E-state index in [1.807, 2.05) is 30.9 Å². The van der Waals surface area contributed by atoms with Crippen molar-refractivity contribution in [2.24, 2.45) is 0 Å². The topological polar surface area (TPSA) is 61.4 Å². The Morgan fingerprint density at radius 1 is 1.10 bits per heavy atom. The van der Waals surface area contributed by atoms with Crippen molar-refractivity contribution < 1.29 is 9.59 Å². The van der Waals surface area contributed by atoms with Gasteiger partial charge in [-0.1, -0.05) is 12.1 Å². The number of hydrogen-bond acceptors (Lipinski definition) is 3. The van der Waals surface area contributed by atoms with Crippen LogP contribution in [0.25, 0.3) is 0 Å². The summed E-state index contributed by atoms with van der Waals surface area (Å²) in [6.45, 7) is 6.85. The van der Waals surface area contributed by atoms with E-state index in [-0.39, 0.29) is 11.8 Å². The van der Waals surface area contributed by atoms with E-state index in [1.165, 1.54) is 0 Å². The number of nitrogens with one attached hydrogen (secondary N) is 2. The Bertz CT molecular complexity index is 453. The first-order chi connectivity index (χ1) is 10.1. The molecule has 0 radical (unpaired) electrons. The highest BCUT2D eigenvalue weighted by Crippen LogP contribution is 2.04. The monoisotopic (exact) mass is 291 g/mol. The standard InChI is InChI=1S/C16H25N3O2/c1-4-19(5-2)15(20)10-11-18-12-13-6-8-14(9-7-13)16(21)17-3/h6-9,18H,4-5,10-12H2,1-3H3,(H,17,21). The molecule has 116 valence electrons. The third kappa shape index (κ3) is 5.55. The zero-order valence-corrected chi connectivity index (χ0v) is 13.1. The van der Waals surface area contributed by atoms with Gasteiger partial charge in [0.25, 0.3) is 5.91 Å². The van der Waals surface area contributed by atoms with Crippen LogP contribution in [0.5, 0.6) is 0 Å². The molecule has 0 atom stereocenters. The van der Waals surface area contributed by atoms with Gasteiger partial charge in [-0.2, -0.15) is 0 Å². The van der Waals surface area contributed by atoms with Crippen LogP contribution in [0.15, 0.2) is 24.3 Å². The van der Waals surface area contributed by atoms with Crippen molar-refractivity contribution >= 4 is 11.8 Å². The molecule has 5 nitrogen and oxygen atoms in total. The zero-order chi connectivity index (χ0) is 15.7. The first-order valence-electron chi connectivity index (χ1n) is 7.41. The third-order valence-electron chi connectivity index (χ3n) is 3.40. The van der Waals surface area contributed by atoms with Gasteiger partial charge in [-0.15, -0.1) is 0 Å². The van der Waals surface area contributed by atoms with Crippen LogP contribution in [0.1, 0.15) is 36.2 Å². The molecule has 0 spiro atoms. The minimum atomic E-state index is -0.0840. The van der Waals surface area contributed by atoms with Crippen molar-refractivity contribution in [3.05, 3.63) is 35.4 Å². The van der Waals surface area contributed by atoms with E-state index >= 15 is 0 Å². The molecule has 1 aromatic carbocycles. The number of benzene rings is 1. The molecule has 0 aliphatic carbocycles. The minimum Gasteiger partial charge on any atom is -0.355 e. The van der Waals surface area contributed by atoms with Gasteiger partial charge in [-0.05, 0) is 31.5 Å². The molecule has 0 unspecified atom stereocenters. The second-order valence-electron chi connectivity index (χ2n) is 4.77. The summed E-state index contributed by atoms with van der Waals surface area (Å²) in [5.41, 5.74) is 1.75. The van der Waals surface area contributed by atoms with E-state index in [0.717, 1.165) is 18.7 Å². The van der Waals surface area contributed by atoms with E-state index in [4.69, 9.17) is 0 Å². The lowest BCUT2D eigenvalue weighted by Gasteiger charge is -2.18. The minimum absolute atomic E-state index is 0.0840. The lowest BCUT2D eigenvalue weighted by Crippen LogP contribution is -2.32. The SMILES string of the molecule is CCN(CC)C(=O)CCNCc1ccc(C(=O)NC)cc1. The number of carbonyl (C=O) groups is 2. The van der Waals surface area contributed by atoms with Crippen LogP contribution in [0.2, 0.25) is 0 Å². The van der Waals surface area contributed by atoms with E-state index in [0.29, 0.717) is 25.1 Å². The van der Waals surface area contributed by atoms with Gasteiger partial charge in [0.15, 0.2) is 0 Å². The van der Waals surface area contributed by atoms with E-state index in [2.05, 4.69) is 10.6 Å². The summed E-state index contributed by atoms with van der Waals surface area (Å²) >= 11 is 0. The molecule has 0 saturated heterocycles. The molecule has 0 fully saturated rings. The Kier molecular flexibility index (Phi) is 7.46. The van der Waals surface area contributed by atoms with Gasteiger partial charge in [0.2, 0.25) is 5.91 Å². The average Bonchev–Trinajstić information content (AvgIpc) is 2.52. The Morgan fingerprint density at radius 3 is 2.24 bits per heavy atom. The lowest BCUT2D eigenvalue weighted by atomic mass is 10.1. The van der Waals surface area contributed by atoms with Crippen LogP contribution in [0.4, 0.5) is 0 Å². The molecular weight excluding hydrogens is 266 g/mol. The molecule has 0 bridgehead atoms. The summed E-state index contributed by atoms with van der Waals surface area (Å²) < 4.78 is 0. The largest absolute Gasteiger partial charge is 0.355 e. The van der Waals surface area contributed by atoms with E-state index in [1.54, 1.807) is 19.2 Å². The molecule has 0 heterocycles. The molecule has 0 saturated carbocycles. The van der Waals surface area contributed by atoms with Gasteiger partial charge in [0, 0.05) is 45.2 Å². The first-order valence-corrected chi connectivity index (χ1v) is 7.41. The van der Waals surface area contributed by atoms with Crippen molar-refractivity contribution in [1.29, 1.82) is 0 Å². The normalized spacial score (nSPS) is 10.2. The summed E-state index contributed by atoms with van der Waals surface area (Å²) in [6, 6.07) is 7.45. The van der Waals surface area contributed by atoms with Gasteiger partial charge in [-0.3, -0.25) is 9.59 Å². The number of nitrogens with zero attached hydrogens (tertiary/aromatic N) is 1. The fourth-order valence-electron chi connectivity index (χ4n) is 2.08. The first kappa shape index (κ1) is 17.2. The number of hydrogen-bond donors (Lipinski definition) is 2. The third-order valence-corrected chi connectivity index (χ3v) is 3.40. The van der Waals surface area contributed by atoms with Crippen LogP contribution < -0.4 is 10.6 Å².